The summed E-state index contributed by atoms with van der Waals surface area (Å²) in [6.07, 6.45) is 0. The number of fused-ring (bicyclic) bond motifs is 9. The molecule has 0 spiro atoms. The molecule has 0 radical (unpaired) electrons. The number of hydrogen-bond acceptors (Lipinski definition) is 0. The second kappa shape index (κ2) is 14.4. The van der Waals surface area contributed by atoms with E-state index in [1.165, 1.54) is 43.9 Å². The van der Waals surface area contributed by atoms with E-state index in [-0.39, 0.29) is 35.8 Å². The summed E-state index contributed by atoms with van der Waals surface area (Å²) in [4.78, 5) is 0. The molecule has 0 aliphatic heterocycles. The van der Waals surface area contributed by atoms with Crippen molar-refractivity contribution in [3.8, 4) is 67.0 Å². The molecule has 0 atom stereocenters. The first-order valence-corrected chi connectivity index (χ1v) is 22.3. The highest BCUT2D eigenvalue weighted by molar-refractivity contribution is 6.13. The van der Waals surface area contributed by atoms with Crippen molar-refractivity contribution in [1.82, 2.24) is 9.13 Å². The van der Waals surface area contributed by atoms with Crippen molar-refractivity contribution in [2.24, 2.45) is 0 Å². The summed E-state index contributed by atoms with van der Waals surface area (Å²) in [5.41, 5.74) is 18.3. The van der Waals surface area contributed by atoms with Gasteiger partial charge in [-0.2, -0.15) is 0 Å². The van der Waals surface area contributed by atoms with Gasteiger partial charge in [0.25, 0.3) is 0 Å². The van der Waals surface area contributed by atoms with E-state index < -0.39 is 5.41 Å². The third-order valence-electron chi connectivity index (χ3n) is 13.8. The normalized spacial score (nSPS) is 14.0. The maximum atomic E-state index is 8.85. The first-order valence-electron chi connectivity index (χ1n) is 24.8. The van der Waals surface area contributed by atoms with Crippen molar-refractivity contribution in [2.45, 2.75) is 19.3 Å². The number of benzene rings is 10. The fourth-order valence-corrected chi connectivity index (χ4v) is 10.7. The third kappa shape index (κ3) is 5.81. The molecule has 65 heavy (non-hydrogen) atoms. The number of aromatic nitrogens is 2. The summed E-state index contributed by atoms with van der Waals surface area (Å²) in [6, 6.07) is 70.2. The van der Waals surface area contributed by atoms with Crippen LogP contribution in [0.2, 0.25) is 0 Å². The van der Waals surface area contributed by atoms with Crippen LogP contribution in [0.4, 0.5) is 0 Å². The Labute approximate surface area is 386 Å². The maximum absolute atomic E-state index is 8.85. The molecule has 306 valence electrons. The number of rotatable bonds is 6. The molecular weight excluding hydrogens is 785 g/mol. The quantitative estimate of drug-likeness (QED) is 0.158. The van der Waals surface area contributed by atoms with Gasteiger partial charge in [-0.05, 0) is 127 Å². The van der Waals surface area contributed by atoms with E-state index in [9.17, 15) is 0 Å². The smallest absolute Gasteiger partial charge is 0.0629 e. The van der Waals surface area contributed by atoms with Gasteiger partial charge in [0, 0.05) is 38.3 Å². The maximum Gasteiger partial charge on any atom is 0.0629 e. The van der Waals surface area contributed by atoms with E-state index in [2.05, 4.69) is 205 Å². The Morgan fingerprint density at radius 1 is 0.338 bits per heavy atom. The van der Waals surface area contributed by atoms with E-state index in [0.29, 0.717) is 5.56 Å². The molecule has 10 aromatic carbocycles. The lowest BCUT2D eigenvalue weighted by atomic mass is 9.82. The molecule has 0 fully saturated rings. The molecular formula is C63H44N2. The average Bonchev–Trinajstić information content (AvgIpc) is 4.00. The van der Waals surface area contributed by atoms with Gasteiger partial charge >= 0.3 is 0 Å². The minimum absolute atomic E-state index is 0.193. The predicted octanol–water partition coefficient (Wildman–Crippen LogP) is 16.9. The molecule has 1 aliphatic rings. The third-order valence-corrected chi connectivity index (χ3v) is 13.8. The largest absolute Gasteiger partial charge is 0.309 e. The fraction of sp³-hybridized carbons (Fsp3) is 0.0476. The van der Waals surface area contributed by atoms with Crippen LogP contribution < -0.4 is 0 Å². The second-order valence-corrected chi connectivity index (χ2v) is 17.7. The lowest BCUT2D eigenvalue weighted by molar-refractivity contribution is 0.660. The van der Waals surface area contributed by atoms with Crippen molar-refractivity contribution in [3.05, 3.63) is 242 Å². The zero-order valence-electron chi connectivity index (χ0n) is 40.9. The van der Waals surface area contributed by atoms with E-state index in [1.54, 1.807) is 0 Å². The molecule has 13 rings (SSSR count). The first kappa shape index (κ1) is 32.5. The summed E-state index contributed by atoms with van der Waals surface area (Å²) in [5.74, 6) is 0. The molecule has 1 aliphatic carbocycles. The van der Waals surface area contributed by atoms with Gasteiger partial charge in [-0.1, -0.05) is 184 Å². The molecule has 12 aromatic rings. The highest BCUT2D eigenvalue weighted by Crippen LogP contribution is 2.53. The summed E-state index contributed by atoms with van der Waals surface area (Å²) in [7, 11) is 0. The lowest BCUT2D eigenvalue weighted by Gasteiger charge is -2.22. The van der Waals surface area contributed by atoms with Crippen LogP contribution in [0.3, 0.4) is 0 Å². The van der Waals surface area contributed by atoms with Crippen molar-refractivity contribution < 1.29 is 6.85 Å². The van der Waals surface area contributed by atoms with Gasteiger partial charge in [-0.25, -0.2) is 0 Å². The molecule has 2 nitrogen and oxygen atoms in total. The highest BCUT2D eigenvalue weighted by atomic mass is 15.0. The molecule has 0 amide bonds. The Morgan fingerprint density at radius 3 is 1.45 bits per heavy atom. The SMILES string of the molecule is [2H]c1c([2H])c([2H])c(-c2cccc3c2-c2ccc(-n4c5ccccc5c5cc(-c6ccc7c(c6)c6ccccc6n7-c6ccc(-c7ccc(-c8ccccc8)cc7)cc6)ccc54)cc2C3(C)C)c([2H])c1[2H]. The molecule has 2 heterocycles. The van der Waals surface area contributed by atoms with Gasteiger partial charge in [0.1, 0.15) is 0 Å². The molecule has 0 bridgehead atoms. The van der Waals surface area contributed by atoms with E-state index in [0.717, 1.165) is 66.7 Å². The number of nitrogens with zero attached hydrogens (tertiary/aromatic N) is 2. The number of para-hydroxylation sites is 2. The zero-order chi connectivity index (χ0) is 47.6. The Morgan fingerprint density at radius 2 is 0.831 bits per heavy atom. The summed E-state index contributed by atoms with van der Waals surface area (Å²) in [6.45, 7) is 4.42. The van der Waals surface area contributed by atoms with Crippen LogP contribution in [0.25, 0.3) is 111 Å². The van der Waals surface area contributed by atoms with Crippen molar-refractivity contribution in [1.29, 1.82) is 0 Å². The average molecular weight is 834 g/mol. The van der Waals surface area contributed by atoms with Crippen LogP contribution >= 0.6 is 0 Å². The Bertz CT molecular complexity index is 4100. The standard InChI is InChI=1S/C63H44N2/c1-63(2)56-21-13-20-50(45-16-7-4-8-17-45)62(56)53-35-34-49(40-57(53)63)65-59-23-12-10-19-52(59)55-39-47(31-37-61(55)65)46-30-36-60-54(38-46)51-18-9-11-22-58(51)64(60)48-32-28-44(29-33-48)43-26-24-42(25-27-43)41-14-5-3-6-15-41/h3-40H,1-2H3/i4D,7D,8D,16D,17D. The van der Waals surface area contributed by atoms with Crippen LogP contribution in [0.1, 0.15) is 31.8 Å². The van der Waals surface area contributed by atoms with Gasteiger partial charge in [0.05, 0.1) is 28.9 Å². The topological polar surface area (TPSA) is 9.86 Å². The van der Waals surface area contributed by atoms with Gasteiger partial charge < -0.3 is 9.13 Å². The number of hydrogen-bond donors (Lipinski definition) is 0. The molecule has 2 heteroatoms. The van der Waals surface area contributed by atoms with E-state index in [4.69, 9.17) is 6.85 Å². The van der Waals surface area contributed by atoms with Gasteiger partial charge in [-0.15, -0.1) is 0 Å². The van der Waals surface area contributed by atoms with Crippen LogP contribution in [0.15, 0.2) is 230 Å². The van der Waals surface area contributed by atoms with Crippen LogP contribution in [-0.2, 0) is 5.41 Å². The summed E-state index contributed by atoms with van der Waals surface area (Å²) in [5, 5.41) is 4.74. The molecule has 0 N–H and O–H groups in total. The Hall–Kier alpha value is -8.20. The zero-order valence-corrected chi connectivity index (χ0v) is 35.9. The van der Waals surface area contributed by atoms with Gasteiger partial charge in [0.2, 0.25) is 0 Å². The van der Waals surface area contributed by atoms with Crippen LogP contribution in [0, 0.1) is 0 Å². The molecule has 0 unspecified atom stereocenters. The molecule has 0 saturated heterocycles. The molecule has 0 saturated carbocycles. The van der Waals surface area contributed by atoms with Crippen molar-refractivity contribution in [2.75, 3.05) is 0 Å². The van der Waals surface area contributed by atoms with Crippen molar-refractivity contribution in [3.63, 3.8) is 0 Å². The van der Waals surface area contributed by atoms with Gasteiger partial charge in [-0.3, -0.25) is 0 Å². The molecule has 2 aromatic heterocycles. The van der Waals surface area contributed by atoms with Crippen molar-refractivity contribution >= 4 is 43.6 Å². The summed E-state index contributed by atoms with van der Waals surface area (Å²) < 4.78 is 47.5. The van der Waals surface area contributed by atoms with Crippen LogP contribution in [-0.4, -0.2) is 9.13 Å². The highest BCUT2D eigenvalue weighted by Gasteiger charge is 2.37. The van der Waals surface area contributed by atoms with Gasteiger partial charge in [0.15, 0.2) is 0 Å². The van der Waals surface area contributed by atoms with E-state index >= 15 is 0 Å². The lowest BCUT2D eigenvalue weighted by Crippen LogP contribution is -2.15. The monoisotopic (exact) mass is 833 g/mol. The first-order chi connectivity index (χ1) is 34.1. The van der Waals surface area contributed by atoms with Crippen LogP contribution in [0.5, 0.6) is 0 Å². The summed E-state index contributed by atoms with van der Waals surface area (Å²) >= 11 is 0. The fourth-order valence-electron chi connectivity index (χ4n) is 10.7. The van der Waals surface area contributed by atoms with E-state index in [1.807, 2.05) is 18.2 Å². The Balaban J connectivity index is 0.882. The minimum Gasteiger partial charge on any atom is -0.309 e. The minimum atomic E-state index is -0.420. The Kier molecular flexibility index (Phi) is 7.20. The predicted molar refractivity (Wildman–Crippen MR) is 274 cm³/mol. The second-order valence-electron chi connectivity index (χ2n) is 17.7.